The van der Waals surface area contributed by atoms with Crippen LogP contribution in [0.3, 0.4) is 0 Å². The van der Waals surface area contributed by atoms with Crippen molar-refractivity contribution >= 4 is 17.2 Å². The summed E-state index contributed by atoms with van der Waals surface area (Å²) in [5.74, 6) is 1.93. The Hall–Kier alpha value is -2.84. The van der Waals surface area contributed by atoms with Gasteiger partial charge in [-0.05, 0) is 56.0 Å². The van der Waals surface area contributed by atoms with Crippen molar-refractivity contribution in [1.82, 2.24) is 14.9 Å². The molecule has 8 heteroatoms. The van der Waals surface area contributed by atoms with Gasteiger partial charge in [0.15, 0.2) is 0 Å². The van der Waals surface area contributed by atoms with Crippen molar-refractivity contribution in [3.8, 4) is 22.9 Å². The van der Waals surface area contributed by atoms with E-state index in [1.54, 1.807) is 18.4 Å². The largest absolute Gasteiger partial charge is 0.497 e. The number of carbonyl (C=O) groups excluding carboxylic acids is 1. The average molecular weight is 484 g/mol. The van der Waals surface area contributed by atoms with Gasteiger partial charge < -0.3 is 24.1 Å². The van der Waals surface area contributed by atoms with E-state index in [2.05, 4.69) is 23.7 Å². The third-order valence-corrected chi connectivity index (χ3v) is 6.73. The van der Waals surface area contributed by atoms with Crippen LogP contribution in [0.1, 0.15) is 47.7 Å². The highest BCUT2D eigenvalue weighted by Gasteiger charge is 2.22. The standard InChI is InChI=1S/C26H33N3O4S/c1-17(2)14-29-18(3)22(26(30)27-13-21-6-5-11-32-21)12-24(29)23-16-34-25(28-23)15-33-20-9-7-19(31-4)8-10-20/h7-10,12,16-17,21H,5-6,11,13-15H2,1-4H3,(H,27,30). The zero-order valence-electron chi connectivity index (χ0n) is 20.3. The van der Waals surface area contributed by atoms with Crippen LogP contribution in [-0.2, 0) is 17.9 Å². The van der Waals surface area contributed by atoms with Crippen molar-refractivity contribution in [2.45, 2.75) is 52.9 Å². The second-order valence-electron chi connectivity index (χ2n) is 8.97. The van der Waals surface area contributed by atoms with Crippen LogP contribution in [0.2, 0.25) is 0 Å². The number of carbonyl (C=O) groups is 1. The average Bonchev–Trinajstić information content (AvgIpc) is 3.58. The van der Waals surface area contributed by atoms with Gasteiger partial charge in [0.05, 0.1) is 30.2 Å². The van der Waals surface area contributed by atoms with Crippen molar-refractivity contribution in [2.75, 3.05) is 20.3 Å². The smallest absolute Gasteiger partial charge is 0.253 e. The van der Waals surface area contributed by atoms with E-state index in [4.69, 9.17) is 19.2 Å². The van der Waals surface area contributed by atoms with E-state index in [1.807, 2.05) is 42.6 Å². The molecular formula is C26H33N3O4S. The molecule has 1 aromatic carbocycles. The quantitative estimate of drug-likeness (QED) is 0.436. The predicted octanol–water partition coefficient (Wildman–Crippen LogP) is 5.07. The summed E-state index contributed by atoms with van der Waals surface area (Å²) in [6.07, 6.45) is 2.18. The van der Waals surface area contributed by atoms with E-state index in [-0.39, 0.29) is 12.0 Å². The summed E-state index contributed by atoms with van der Waals surface area (Å²) in [4.78, 5) is 17.8. The molecule has 1 fully saturated rings. The summed E-state index contributed by atoms with van der Waals surface area (Å²) < 4.78 is 18.9. The number of thiazole rings is 1. The molecule has 34 heavy (non-hydrogen) atoms. The second-order valence-corrected chi connectivity index (χ2v) is 9.91. The molecule has 0 bridgehead atoms. The molecule has 1 aliphatic heterocycles. The number of nitrogens with one attached hydrogen (secondary N) is 1. The Labute approximate surface area is 205 Å². The Bertz CT molecular complexity index is 1100. The monoisotopic (exact) mass is 483 g/mol. The van der Waals surface area contributed by atoms with Crippen LogP contribution in [-0.4, -0.2) is 41.8 Å². The first-order valence-electron chi connectivity index (χ1n) is 11.8. The number of hydrogen-bond donors (Lipinski definition) is 1. The Morgan fingerprint density at radius 3 is 2.74 bits per heavy atom. The Morgan fingerprint density at radius 2 is 2.06 bits per heavy atom. The van der Waals surface area contributed by atoms with Crippen LogP contribution < -0.4 is 14.8 Å². The summed E-state index contributed by atoms with van der Waals surface area (Å²) in [5.41, 5.74) is 3.47. The highest BCUT2D eigenvalue weighted by atomic mass is 32.1. The molecule has 3 aromatic rings. The molecule has 0 radical (unpaired) electrons. The number of ether oxygens (including phenoxy) is 3. The first-order valence-corrected chi connectivity index (χ1v) is 12.6. The highest BCUT2D eigenvalue weighted by molar-refractivity contribution is 7.09. The first kappa shape index (κ1) is 24.3. The van der Waals surface area contributed by atoms with Crippen molar-refractivity contribution in [3.05, 3.63) is 52.0 Å². The summed E-state index contributed by atoms with van der Waals surface area (Å²) in [7, 11) is 1.64. The lowest BCUT2D eigenvalue weighted by molar-refractivity contribution is 0.0857. The van der Waals surface area contributed by atoms with Gasteiger partial charge in [-0.1, -0.05) is 13.8 Å². The normalized spacial score (nSPS) is 15.6. The van der Waals surface area contributed by atoms with Crippen LogP contribution >= 0.6 is 11.3 Å². The Morgan fingerprint density at radius 1 is 1.29 bits per heavy atom. The fourth-order valence-corrected chi connectivity index (χ4v) is 4.81. The molecule has 1 N–H and O–H groups in total. The zero-order valence-corrected chi connectivity index (χ0v) is 21.1. The van der Waals surface area contributed by atoms with E-state index >= 15 is 0 Å². The molecule has 0 aliphatic carbocycles. The molecule has 2 aromatic heterocycles. The van der Waals surface area contributed by atoms with Crippen LogP contribution in [0.15, 0.2) is 35.7 Å². The van der Waals surface area contributed by atoms with Gasteiger partial charge in [-0.3, -0.25) is 4.79 Å². The van der Waals surface area contributed by atoms with Gasteiger partial charge in [0.2, 0.25) is 0 Å². The molecule has 1 saturated heterocycles. The topological polar surface area (TPSA) is 74.6 Å². The number of hydrogen-bond acceptors (Lipinski definition) is 6. The van der Waals surface area contributed by atoms with Crippen molar-refractivity contribution in [3.63, 3.8) is 0 Å². The highest BCUT2D eigenvalue weighted by Crippen LogP contribution is 2.29. The van der Waals surface area contributed by atoms with Crippen LogP contribution in [0.4, 0.5) is 0 Å². The Balaban J connectivity index is 1.49. The van der Waals surface area contributed by atoms with E-state index in [0.717, 1.165) is 59.6 Å². The maximum atomic E-state index is 13.0. The SMILES string of the molecule is COc1ccc(OCc2nc(-c3cc(C(=O)NCC4CCCO4)c(C)n3CC(C)C)cs2)cc1. The first-order chi connectivity index (χ1) is 16.4. The molecule has 182 valence electrons. The molecule has 3 heterocycles. The number of benzene rings is 1. The minimum Gasteiger partial charge on any atom is -0.497 e. The lowest BCUT2D eigenvalue weighted by atomic mass is 10.2. The summed E-state index contributed by atoms with van der Waals surface area (Å²) in [5, 5.41) is 5.97. The van der Waals surface area contributed by atoms with Crippen molar-refractivity contribution in [1.29, 1.82) is 0 Å². The Kier molecular flexibility index (Phi) is 7.90. The van der Waals surface area contributed by atoms with E-state index in [0.29, 0.717) is 24.6 Å². The molecule has 0 saturated carbocycles. The van der Waals surface area contributed by atoms with Crippen LogP contribution in [0.5, 0.6) is 11.5 Å². The molecule has 0 spiro atoms. The maximum Gasteiger partial charge on any atom is 0.253 e. The van der Waals surface area contributed by atoms with E-state index in [1.165, 1.54) is 0 Å². The summed E-state index contributed by atoms with van der Waals surface area (Å²) >= 11 is 1.56. The fraction of sp³-hybridized carbons (Fsp3) is 0.462. The number of rotatable bonds is 10. The third kappa shape index (κ3) is 5.80. The van der Waals surface area contributed by atoms with Gasteiger partial charge in [0, 0.05) is 30.8 Å². The molecule has 7 nitrogen and oxygen atoms in total. The van der Waals surface area contributed by atoms with E-state index in [9.17, 15) is 4.79 Å². The number of aromatic nitrogens is 2. The summed E-state index contributed by atoms with van der Waals surface area (Å²) in [6, 6.07) is 9.47. The molecule has 1 atom stereocenters. The van der Waals surface area contributed by atoms with Gasteiger partial charge >= 0.3 is 0 Å². The van der Waals surface area contributed by atoms with Gasteiger partial charge in [-0.25, -0.2) is 4.98 Å². The zero-order chi connectivity index (χ0) is 24.1. The predicted molar refractivity (Wildman–Crippen MR) is 134 cm³/mol. The van der Waals surface area contributed by atoms with Crippen LogP contribution in [0, 0.1) is 12.8 Å². The maximum absolute atomic E-state index is 13.0. The van der Waals surface area contributed by atoms with Gasteiger partial charge in [0.1, 0.15) is 23.1 Å². The third-order valence-electron chi connectivity index (χ3n) is 5.91. The second kappa shape index (κ2) is 11.1. The number of methoxy groups -OCH3 is 1. The molecule has 1 unspecified atom stereocenters. The van der Waals surface area contributed by atoms with Crippen molar-refractivity contribution < 1.29 is 19.0 Å². The van der Waals surface area contributed by atoms with Gasteiger partial charge in [-0.15, -0.1) is 11.3 Å². The van der Waals surface area contributed by atoms with Crippen LogP contribution in [0.25, 0.3) is 11.4 Å². The number of amides is 1. The molecule has 4 rings (SSSR count). The van der Waals surface area contributed by atoms with E-state index < -0.39 is 0 Å². The fourth-order valence-electron chi connectivity index (χ4n) is 4.11. The lowest BCUT2D eigenvalue weighted by Crippen LogP contribution is -2.32. The lowest BCUT2D eigenvalue weighted by Gasteiger charge is -2.14. The van der Waals surface area contributed by atoms with Gasteiger partial charge in [-0.2, -0.15) is 0 Å². The summed E-state index contributed by atoms with van der Waals surface area (Å²) in [6.45, 7) is 8.89. The molecular weight excluding hydrogens is 450 g/mol. The molecule has 1 amide bonds. The molecule has 1 aliphatic rings. The number of nitrogens with zero attached hydrogens (tertiary/aromatic N) is 2. The van der Waals surface area contributed by atoms with Gasteiger partial charge in [0.25, 0.3) is 5.91 Å². The minimum atomic E-state index is -0.0601. The minimum absolute atomic E-state index is 0.0601. The van der Waals surface area contributed by atoms with Crippen molar-refractivity contribution in [2.24, 2.45) is 5.92 Å².